The largest absolute Gasteiger partial charge is 0.459 e. The summed E-state index contributed by atoms with van der Waals surface area (Å²) < 4.78 is 11.7. The van der Waals surface area contributed by atoms with Crippen LogP contribution in [-0.2, 0) is 20.7 Å². The molecule has 108 valence electrons. The van der Waals surface area contributed by atoms with Gasteiger partial charge in [0.1, 0.15) is 12.2 Å². The highest BCUT2D eigenvalue weighted by Crippen LogP contribution is 2.45. The van der Waals surface area contributed by atoms with Gasteiger partial charge in [-0.15, -0.1) is 0 Å². The van der Waals surface area contributed by atoms with Crippen molar-refractivity contribution in [2.45, 2.75) is 51.9 Å². The third-order valence-corrected chi connectivity index (χ3v) is 4.39. The molecule has 1 unspecified atom stereocenters. The van der Waals surface area contributed by atoms with E-state index in [2.05, 4.69) is 45.0 Å². The van der Waals surface area contributed by atoms with Gasteiger partial charge >= 0.3 is 5.97 Å². The molecule has 3 rings (SSSR count). The summed E-state index contributed by atoms with van der Waals surface area (Å²) in [4.78, 5) is 11.5. The molecule has 20 heavy (non-hydrogen) atoms. The molecule has 1 aromatic carbocycles. The zero-order valence-electron chi connectivity index (χ0n) is 12.3. The van der Waals surface area contributed by atoms with Gasteiger partial charge in [-0.2, -0.15) is 0 Å². The number of fused-ring (bicyclic) bond motifs is 1. The topological polar surface area (TPSA) is 35.5 Å². The maximum Gasteiger partial charge on any atom is 0.308 e. The van der Waals surface area contributed by atoms with Crippen molar-refractivity contribution in [2.24, 2.45) is 11.3 Å². The third-order valence-electron chi connectivity index (χ3n) is 4.39. The molecule has 0 saturated carbocycles. The van der Waals surface area contributed by atoms with Crippen LogP contribution in [0.15, 0.2) is 30.3 Å². The first-order valence-electron chi connectivity index (χ1n) is 7.34. The maximum atomic E-state index is 11.5. The molecule has 3 nitrogen and oxygen atoms in total. The summed E-state index contributed by atoms with van der Waals surface area (Å²) in [7, 11) is 0. The first-order chi connectivity index (χ1) is 9.45. The van der Waals surface area contributed by atoms with E-state index in [1.54, 1.807) is 0 Å². The highest BCUT2D eigenvalue weighted by molar-refractivity contribution is 5.72. The van der Waals surface area contributed by atoms with Crippen LogP contribution in [0.2, 0.25) is 0 Å². The van der Waals surface area contributed by atoms with Crippen molar-refractivity contribution in [3.63, 3.8) is 0 Å². The van der Waals surface area contributed by atoms with E-state index in [0.29, 0.717) is 6.42 Å². The van der Waals surface area contributed by atoms with Gasteiger partial charge in [0.15, 0.2) is 0 Å². The van der Waals surface area contributed by atoms with Gasteiger partial charge in [-0.1, -0.05) is 51.1 Å². The molecule has 0 amide bonds. The van der Waals surface area contributed by atoms with Crippen LogP contribution in [0.25, 0.3) is 0 Å². The molecule has 0 radical (unpaired) electrons. The molecule has 0 aromatic heterocycles. The van der Waals surface area contributed by atoms with E-state index in [1.807, 2.05) is 6.07 Å². The molecule has 2 aliphatic rings. The Morgan fingerprint density at radius 2 is 1.90 bits per heavy atom. The van der Waals surface area contributed by atoms with Crippen LogP contribution in [0.5, 0.6) is 0 Å². The van der Waals surface area contributed by atoms with Crippen molar-refractivity contribution in [1.29, 1.82) is 0 Å². The molecule has 0 aliphatic carbocycles. The van der Waals surface area contributed by atoms with Gasteiger partial charge in [0.25, 0.3) is 0 Å². The highest BCUT2D eigenvalue weighted by atomic mass is 16.6. The average Bonchev–Trinajstić information content (AvgIpc) is 2.84. The molecule has 2 heterocycles. The SMILES string of the molecule is CC(C)(C)[C@H]1C(Cc2ccccc2)O[C@H]2CC(=O)O[C@H]21. The number of esters is 1. The van der Waals surface area contributed by atoms with Gasteiger partial charge in [-0.05, 0) is 17.4 Å². The van der Waals surface area contributed by atoms with Gasteiger partial charge < -0.3 is 9.47 Å². The van der Waals surface area contributed by atoms with Crippen LogP contribution in [0, 0.1) is 11.3 Å². The van der Waals surface area contributed by atoms with E-state index in [1.165, 1.54) is 5.56 Å². The summed E-state index contributed by atoms with van der Waals surface area (Å²) >= 11 is 0. The van der Waals surface area contributed by atoms with Crippen molar-refractivity contribution < 1.29 is 14.3 Å². The number of ether oxygens (including phenoxy) is 2. The van der Waals surface area contributed by atoms with Gasteiger partial charge in [-0.3, -0.25) is 4.79 Å². The lowest BCUT2D eigenvalue weighted by Gasteiger charge is -2.33. The normalized spacial score (nSPS) is 33.0. The lowest BCUT2D eigenvalue weighted by molar-refractivity contribution is -0.144. The molecule has 0 bridgehead atoms. The molecule has 2 fully saturated rings. The molecular weight excluding hydrogens is 252 g/mol. The summed E-state index contributed by atoms with van der Waals surface area (Å²) in [6, 6.07) is 10.4. The first-order valence-corrected chi connectivity index (χ1v) is 7.34. The molecule has 2 aliphatic heterocycles. The van der Waals surface area contributed by atoms with Crippen LogP contribution in [0.3, 0.4) is 0 Å². The van der Waals surface area contributed by atoms with Crippen LogP contribution in [0.1, 0.15) is 32.8 Å². The van der Waals surface area contributed by atoms with E-state index >= 15 is 0 Å². The Bertz CT molecular complexity index is 489. The molecular formula is C17H22O3. The second kappa shape index (κ2) is 4.88. The Hall–Kier alpha value is -1.35. The smallest absolute Gasteiger partial charge is 0.308 e. The summed E-state index contributed by atoms with van der Waals surface area (Å²) in [6.07, 6.45) is 1.28. The van der Waals surface area contributed by atoms with E-state index < -0.39 is 0 Å². The second-order valence-electron chi connectivity index (χ2n) is 6.95. The van der Waals surface area contributed by atoms with Crippen molar-refractivity contribution in [3.8, 4) is 0 Å². The maximum absolute atomic E-state index is 11.5. The van der Waals surface area contributed by atoms with Crippen LogP contribution < -0.4 is 0 Å². The van der Waals surface area contributed by atoms with Crippen LogP contribution in [0.4, 0.5) is 0 Å². The lowest BCUT2D eigenvalue weighted by atomic mass is 9.73. The molecule has 0 N–H and O–H groups in total. The molecule has 4 atom stereocenters. The molecule has 2 saturated heterocycles. The molecule has 1 aromatic rings. The number of hydrogen-bond acceptors (Lipinski definition) is 3. The summed E-state index contributed by atoms with van der Waals surface area (Å²) in [5, 5.41) is 0. The van der Waals surface area contributed by atoms with E-state index in [-0.39, 0.29) is 35.6 Å². The predicted molar refractivity (Wildman–Crippen MR) is 76.2 cm³/mol. The quantitative estimate of drug-likeness (QED) is 0.778. The fourth-order valence-electron chi connectivity index (χ4n) is 3.58. The minimum absolute atomic E-state index is 0.0552. The van der Waals surface area contributed by atoms with Crippen molar-refractivity contribution in [1.82, 2.24) is 0 Å². The third kappa shape index (κ3) is 2.47. The summed E-state index contributed by atoms with van der Waals surface area (Å²) in [5.41, 5.74) is 1.33. The zero-order chi connectivity index (χ0) is 14.3. The average molecular weight is 274 g/mol. The van der Waals surface area contributed by atoms with Crippen molar-refractivity contribution in [3.05, 3.63) is 35.9 Å². The number of hydrogen-bond donors (Lipinski definition) is 0. The second-order valence-corrected chi connectivity index (χ2v) is 6.95. The van der Waals surface area contributed by atoms with E-state index in [4.69, 9.17) is 9.47 Å². The van der Waals surface area contributed by atoms with Gasteiger partial charge in [-0.25, -0.2) is 0 Å². The summed E-state index contributed by atoms with van der Waals surface area (Å²) in [5.74, 6) is 0.131. The van der Waals surface area contributed by atoms with Gasteiger partial charge in [0.2, 0.25) is 0 Å². The minimum Gasteiger partial charge on any atom is -0.459 e. The Kier molecular flexibility index (Phi) is 3.33. The number of carbonyl (C=O) groups excluding carboxylic acids is 1. The fourth-order valence-corrected chi connectivity index (χ4v) is 3.58. The Labute approximate surface area is 120 Å². The Morgan fingerprint density at radius 3 is 2.55 bits per heavy atom. The molecule has 3 heteroatoms. The van der Waals surface area contributed by atoms with E-state index in [0.717, 1.165) is 6.42 Å². The Morgan fingerprint density at radius 1 is 1.20 bits per heavy atom. The molecule has 0 spiro atoms. The number of rotatable bonds is 2. The van der Waals surface area contributed by atoms with Crippen LogP contribution >= 0.6 is 0 Å². The van der Waals surface area contributed by atoms with Gasteiger partial charge in [0.05, 0.1) is 12.5 Å². The van der Waals surface area contributed by atoms with E-state index in [9.17, 15) is 4.79 Å². The standard InChI is InChI=1S/C17H22O3/c1-17(2,3)15-12(9-11-7-5-4-6-8-11)19-13-10-14(18)20-16(13)15/h4-8,12-13,15-16H,9-10H2,1-3H3/t12?,13-,15-,16+/m0/s1. The first kappa shape index (κ1) is 13.6. The number of benzene rings is 1. The highest BCUT2D eigenvalue weighted by Gasteiger charge is 2.55. The summed E-state index contributed by atoms with van der Waals surface area (Å²) in [6.45, 7) is 6.61. The van der Waals surface area contributed by atoms with Gasteiger partial charge in [0, 0.05) is 5.92 Å². The number of carbonyl (C=O) groups is 1. The lowest BCUT2D eigenvalue weighted by Crippen LogP contribution is -2.38. The van der Waals surface area contributed by atoms with Crippen LogP contribution in [-0.4, -0.2) is 24.3 Å². The minimum atomic E-state index is -0.118. The Balaban J connectivity index is 1.82. The predicted octanol–water partition coefficient (Wildman–Crippen LogP) is 2.97. The monoisotopic (exact) mass is 274 g/mol. The van der Waals surface area contributed by atoms with Crippen molar-refractivity contribution in [2.75, 3.05) is 0 Å². The van der Waals surface area contributed by atoms with Crippen molar-refractivity contribution >= 4 is 5.97 Å². The fraction of sp³-hybridized carbons (Fsp3) is 0.588. The zero-order valence-corrected chi connectivity index (χ0v) is 12.3.